The smallest absolute Gasteiger partial charge is 0.0141 e. The first-order valence-corrected chi connectivity index (χ1v) is 5.88. The van der Waals surface area contributed by atoms with E-state index in [2.05, 4.69) is 42.6 Å². The lowest BCUT2D eigenvalue weighted by molar-refractivity contribution is 0.646. The Hall–Kier alpha value is -1.24. The SMILES string of the molecule is CCCCCCNC=Cc1ccccc1. The maximum Gasteiger partial charge on any atom is 0.0141 e. The lowest BCUT2D eigenvalue weighted by Gasteiger charge is -1.99. The minimum Gasteiger partial charge on any atom is -0.391 e. The number of nitrogens with one attached hydrogen (secondary N) is 1. The first-order valence-electron chi connectivity index (χ1n) is 5.88. The van der Waals surface area contributed by atoms with Gasteiger partial charge in [-0.15, -0.1) is 0 Å². The average molecular weight is 203 g/mol. The Bertz CT molecular complexity index is 264. The maximum atomic E-state index is 3.31. The van der Waals surface area contributed by atoms with E-state index in [1.807, 2.05) is 12.3 Å². The van der Waals surface area contributed by atoms with Crippen molar-refractivity contribution in [2.24, 2.45) is 0 Å². The third-order valence-electron chi connectivity index (χ3n) is 2.37. The quantitative estimate of drug-likeness (QED) is 0.664. The molecule has 15 heavy (non-hydrogen) atoms. The third kappa shape index (κ3) is 5.95. The predicted molar refractivity (Wildman–Crippen MR) is 67.6 cm³/mol. The highest BCUT2D eigenvalue weighted by Crippen LogP contribution is 2.00. The zero-order chi connectivity index (χ0) is 10.8. The second kappa shape index (κ2) is 8.10. The van der Waals surface area contributed by atoms with Crippen LogP contribution in [-0.4, -0.2) is 6.54 Å². The van der Waals surface area contributed by atoms with Gasteiger partial charge in [-0.1, -0.05) is 56.5 Å². The first-order chi connectivity index (χ1) is 7.43. The summed E-state index contributed by atoms with van der Waals surface area (Å²) in [5, 5.41) is 3.31. The van der Waals surface area contributed by atoms with Crippen molar-refractivity contribution in [1.82, 2.24) is 5.32 Å². The third-order valence-corrected chi connectivity index (χ3v) is 2.37. The molecule has 0 radical (unpaired) electrons. The molecule has 1 N–H and O–H groups in total. The van der Waals surface area contributed by atoms with Gasteiger partial charge in [-0.2, -0.15) is 0 Å². The summed E-state index contributed by atoms with van der Waals surface area (Å²) in [6.45, 7) is 3.33. The fraction of sp³-hybridized carbons (Fsp3) is 0.429. The van der Waals surface area contributed by atoms with Gasteiger partial charge in [0.15, 0.2) is 0 Å². The van der Waals surface area contributed by atoms with Crippen LogP contribution in [0, 0.1) is 0 Å². The topological polar surface area (TPSA) is 12.0 Å². The summed E-state index contributed by atoms with van der Waals surface area (Å²) in [6, 6.07) is 10.4. The van der Waals surface area contributed by atoms with Crippen LogP contribution in [0.4, 0.5) is 0 Å². The van der Waals surface area contributed by atoms with Crippen molar-refractivity contribution in [2.75, 3.05) is 6.54 Å². The van der Waals surface area contributed by atoms with E-state index in [0.717, 1.165) is 6.54 Å². The van der Waals surface area contributed by atoms with E-state index in [0.29, 0.717) is 0 Å². The van der Waals surface area contributed by atoms with E-state index in [1.165, 1.54) is 31.2 Å². The minimum atomic E-state index is 1.09. The summed E-state index contributed by atoms with van der Waals surface area (Å²) in [5.74, 6) is 0. The molecule has 0 saturated carbocycles. The molecular weight excluding hydrogens is 182 g/mol. The molecule has 0 unspecified atom stereocenters. The van der Waals surface area contributed by atoms with Gasteiger partial charge in [0.2, 0.25) is 0 Å². The fourth-order valence-corrected chi connectivity index (χ4v) is 1.46. The number of hydrogen-bond acceptors (Lipinski definition) is 1. The van der Waals surface area contributed by atoms with Gasteiger partial charge in [0.1, 0.15) is 0 Å². The molecule has 0 fully saturated rings. The van der Waals surface area contributed by atoms with Crippen molar-refractivity contribution in [3.05, 3.63) is 42.1 Å². The molecule has 0 aromatic heterocycles. The number of unbranched alkanes of at least 4 members (excludes halogenated alkanes) is 3. The highest BCUT2D eigenvalue weighted by Gasteiger charge is 1.85. The minimum absolute atomic E-state index is 1.09. The summed E-state index contributed by atoms with van der Waals surface area (Å²) < 4.78 is 0. The molecule has 0 atom stereocenters. The Kier molecular flexibility index (Phi) is 6.39. The maximum absolute atomic E-state index is 3.31. The van der Waals surface area contributed by atoms with Crippen molar-refractivity contribution < 1.29 is 0 Å². The van der Waals surface area contributed by atoms with Crippen LogP contribution in [0.25, 0.3) is 6.08 Å². The molecule has 82 valence electrons. The Morgan fingerprint density at radius 1 is 1.07 bits per heavy atom. The highest BCUT2D eigenvalue weighted by molar-refractivity contribution is 5.48. The molecule has 0 aliphatic heterocycles. The largest absolute Gasteiger partial charge is 0.391 e. The van der Waals surface area contributed by atoms with E-state index >= 15 is 0 Å². The lowest BCUT2D eigenvalue weighted by Crippen LogP contribution is -2.06. The standard InChI is InChI=1S/C14H21N/c1-2-3-4-8-12-15-13-11-14-9-6-5-7-10-14/h5-7,9-11,13,15H,2-4,8,12H2,1H3. The van der Waals surface area contributed by atoms with E-state index in [-0.39, 0.29) is 0 Å². The summed E-state index contributed by atoms with van der Waals surface area (Å²) >= 11 is 0. The second-order valence-corrected chi connectivity index (χ2v) is 3.76. The fourth-order valence-electron chi connectivity index (χ4n) is 1.46. The van der Waals surface area contributed by atoms with Crippen LogP contribution in [0.5, 0.6) is 0 Å². The normalized spacial score (nSPS) is 10.7. The number of benzene rings is 1. The van der Waals surface area contributed by atoms with Gasteiger partial charge in [0.25, 0.3) is 0 Å². The first kappa shape index (κ1) is 11.8. The van der Waals surface area contributed by atoms with Gasteiger partial charge in [0.05, 0.1) is 0 Å². The molecule has 1 nitrogen and oxygen atoms in total. The molecule has 0 aliphatic rings. The van der Waals surface area contributed by atoms with Crippen LogP contribution in [0.15, 0.2) is 36.5 Å². The van der Waals surface area contributed by atoms with Crippen molar-refractivity contribution in [1.29, 1.82) is 0 Å². The summed E-state index contributed by atoms with van der Waals surface area (Å²) in [7, 11) is 0. The Morgan fingerprint density at radius 2 is 1.87 bits per heavy atom. The van der Waals surface area contributed by atoms with E-state index in [9.17, 15) is 0 Å². The summed E-state index contributed by atoms with van der Waals surface area (Å²) in [4.78, 5) is 0. The van der Waals surface area contributed by atoms with Gasteiger partial charge < -0.3 is 5.32 Å². The molecule has 0 bridgehead atoms. The van der Waals surface area contributed by atoms with Gasteiger partial charge in [0, 0.05) is 6.54 Å². The van der Waals surface area contributed by atoms with Gasteiger partial charge in [-0.3, -0.25) is 0 Å². The lowest BCUT2D eigenvalue weighted by atomic mass is 10.2. The summed E-state index contributed by atoms with van der Waals surface area (Å²) in [6.07, 6.45) is 9.42. The van der Waals surface area contributed by atoms with Crippen LogP contribution >= 0.6 is 0 Å². The molecular formula is C14H21N. The molecule has 0 aliphatic carbocycles. The number of hydrogen-bond donors (Lipinski definition) is 1. The molecule has 0 amide bonds. The molecule has 1 aromatic carbocycles. The number of rotatable bonds is 7. The van der Waals surface area contributed by atoms with Gasteiger partial charge in [-0.05, 0) is 24.3 Å². The van der Waals surface area contributed by atoms with E-state index in [1.54, 1.807) is 0 Å². The second-order valence-electron chi connectivity index (χ2n) is 3.76. The molecule has 1 rings (SSSR count). The molecule has 1 aromatic rings. The van der Waals surface area contributed by atoms with Gasteiger partial charge in [-0.25, -0.2) is 0 Å². The predicted octanol–water partition coefficient (Wildman–Crippen LogP) is 3.83. The van der Waals surface area contributed by atoms with Crippen LogP contribution in [0.3, 0.4) is 0 Å². The van der Waals surface area contributed by atoms with E-state index in [4.69, 9.17) is 0 Å². The Balaban J connectivity index is 2.07. The van der Waals surface area contributed by atoms with Crippen LogP contribution < -0.4 is 5.32 Å². The highest BCUT2D eigenvalue weighted by atomic mass is 14.8. The molecule has 0 spiro atoms. The average Bonchev–Trinajstić information content (AvgIpc) is 2.29. The molecule has 0 saturated heterocycles. The Labute approximate surface area is 93.2 Å². The zero-order valence-corrected chi connectivity index (χ0v) is 9.58. The monoisotopic (exact) mass is 203 g/mol. The van der Waals surface area contributed by atoms with Crippen LogP contribution in [-0.2, 0) is 0 Å². The van der Waals surface area contributed by atoms with Gasteiger partial charge >= 0.3 is 0 Å². The van der Waals surface area contributed by atoms with E-state index < -0.39 is 0 Å². The van der Waals surface area contributed by atoms with Crippen molar-refractivity contribution >= 4 is 6.08 Å². The van der Waals surface area contributed by atoms with Crippen molar-refractivity contribution in [2.45, 2.75) is 32.6 Å². The van der Waals surface area contributed by atoms with Crippen LogP contribution in [0.1, 0.15) is 38.2 Å². The van der Waals surface area contributed by atoms with Crippen molar-refractivity contribution in [3.8, 4) is 0 Å². The zero-order valence-electron chi connectivity index (χ0n) is 9.58. The summed E-state index contributed by atoms with van der Waals surface area (Å²) in [5.41, 5.74) is 1.25. The molecule has 0 heterocycles. The van der Waals surface area contributed by atoms with Crippen molar-refractivity contribution in [3.63, 3.8) is 0 Å². The Morgan fingerprint density at radius 3 is 2.60 bits per heavy atom. The van der Waals surface area contributed by atoms with Crippen LogP contribution in [0.2, 0.25) is 0 Å². The molecule has 1 heteroatoms.